The Morgan fingerprint density at radius 3 is 2.25 bits per heavy atom. The number of carbonyl (C=O) groups excluding carboxylic acids is 3. The van der Waals surface area contributed by atoms with Crippen LogP contribution in [-0.4, -0.2) is 52.1 Å². The van der Waals surface area contributed by atoms with Gasteiger partial charge in [0.25, 0.3) is 0 Å². The van der Waals surface area contributed by atoms with Crippen LogP contribution in [-0.2, 0) is 14.3 Å². The molecule has 3 atom stereocenters. The minimum absolute atomic E-state index is 0.0143. The van der Waals surface area contributed by atoms with Crippen molar-refractivity contribution in [2.75, 3.05) is 6.54 Å². The van der Waals surface area contributed by atoms with Crippen LogP contribution >= 0.6 is 0 Å². The quantitative estimate of drug-likeness (QED) is 0.337. The molecule has 0 fully saturated rings. The van der Waals surface area contributed by atoms with Gasteiger partial charge in [-0.3, -0.25) is 9.59 Å². The van der Waals surface area contributed by atoms with Gasteiger partial charge >= 0.3 is 6.09 Å². The van der Waals surface area contributed by atoms with Crippen molar-refractivity contribution in [1.29, 1.82) is 0 Å². The molecule has 3 amide bonds. The SMILES string of the molecule is CCCCN(C(=O)C(CC(C)C)NC(=O)OC(C)(C)C)C(C(=O)NC(C)CCC)c1cccc(O)c1. The molecule has 1 aromatic rings. The van der Waals surface area contributed by atoms with Crippen LogP contribution in [0.4, 0.5) is 4.79 Å². The summed E-state index contributed by atoms with van der Waals surface area (Å²) >= 11 is 0. The van der Waals surface area contributed by atoms with Crippen LogP contribution in [0.3, 0.4) is 0 Å². The molecule has 3 N–H and O–H groups in total. The molecule has 0 aliphatic rings. The summed E-state index contributed by atoms with van der Waals surface area (Å²) in [6.07, 6.45) is 2.93. The Labute approximate surface area is 217 Å². The lowest BCUT2D eigenvalue weighted by molar-refractivity contribution is -0.143. The second-order valence-corrected chi connectivity index (χ2v) is 10.9. The number of hydrogen-bond acceptors (Lipinski definition) is 5. The largest absolute Gasteiger partial charge is 0.508 e. The number of carbonyl (C=O) groups is 3. The fraction of sp³-hybridized carbons (Fsp3) is 0.679. The van der Waals surface area contributed by atoms with E-state index >= 15 is 0 Å². The first-order valence-corrected chi connectivity index (χ1v) is 13.2. The number of alkyl carbamates (subject to hydrolysis) is 1. The first-order valence-electron chi connectivity index (χ1n) is 13.2. The zero-order valence-electron chi connectivity index (χ0n) is 23.4. The van der Waals surface area contributed by atoms with E-state index in [1.54, 1.807) is 32.9 Å². The van der Waals surface area contributed by atoms with Crippen molar-refractivity contribution in [2.45, 2.75) is 111 Å². The number of aromatic hydroxyl groups is 1. The molecule has 3 unspecified atom stereocenters. The Hall–Kier alpha value is -2.77. The summed E-state index contributed by atoms with van der Waals surface area (Å²) < 4.78 is 5.42. The molecule has 1 rings (SSSR count). The van der Waals surface area contributed by atoms with Crippen LogP contribution < -0.4 is 10.6 Å². The van der Waals surface area contributed by atoms with E-state index in [-0.39, 0.29) is 29.5 Å². The van der Waals surface area contributed by atoms with Crippen LogP contribution in [0.5, 0.6) is 5.75 Å². The molecule has 0 spiro atoms. The summed E-state index contributed by atoms with van der Waals surface area (Å²) in [7, 11) is 0. The predicted molar refractivity (Wildman–Crippen MR) is 143 cm³/mol. The normalized spacial score (nSPS) is 14.0. The fourth-order valence-electron chi connectivity index (χ4n) is 4.03. The number of phenols is 1. The first-order chi connectivity index (χ1) is 16.8. The summed E-state index contributed by atoms with van der Waals surface area (Å²) in [5.41, 5.74) is -0.196. The number of hydrogen-bond donors (Lipinski definition) is 3. The van der Waals surface area contributed by atoms with Gasteiger partial charge in [0.15, 0.2) is 0 Å². The molecule has 204 valence electrons. The van der Waals surface area contributed by atoms with Gasteiger partial charge in [-0.25, -0.2) is 4.79 Å². The van der Waals surface area contributed by atoms with Crippen molar-refractivity contribution >= 4 is 17.9 Å². The molecule has 0 saturated carbocycles. The third kappa shape index (κ3) is 10.9. The Morgan fingerprint density at radius 1 is 1.06 bits per heavy atom. The topological polar surface area (TPSA) is 108 Å². The highest BCUT2D eigenvalue weighted by molar-refractivity contribution is 5.92. The highest BCUT2D eigenvalue weighted by Crippen LogP contribution is 2.27. The molecule has 0 aromatic heterocycles. The van der Waals surface area contributed by atoms with E-state index in [1.807, 2.05) is 34.6 Å². The van der Waals surface area contributed by atoms with Crippen molar-refractivity contribution < 1.29 is 24.2 Å². The summed E-state index contributed by atoms with van der Waals surface area (Å²) in [5, 5.41) is 15.9. The van der Waals surface area contributed by atoms with E-state index in [9.17, 15) is 19.5 Å². The third-order valence-corrected chi connectivity index (χ3v) is 5.59. The van der Waals surface area contributed by atoms with Gasteiger partial charge in [-0.05, 0) is 70.6 Å². The van der Waals surface area contributed by atoms with E-state index in [2.05, 4.69) is 10.6 Å². The van der Waals surface area contributed by atoms with Crippen molar-refractivity contribution in [3.8, 4) is 5.75 Å². The van der Waals surface area contributed by atoms with Gasteiger partial charge in [-0.15, -0.1) is 0 Å². The lowest BCUT2D eigenvalue weighted by Crippen LogP contribution is -2.54. The minimum atomic E-state index is -0.953. The van der Waals surface area contributed by atoms with E-state index in [1.165, 1.54) is 17.0 Å². The lowest BCUT2D eigenvalue weighted by atomic mass is 9.98. The standard InChI is InChI=1S/C28H47N3O5/c1-9-11-16-31(26(34)23(17-19(3)4)30-27(35)36-28(6,7)8)24(21-14-12-15-22(32)18-21)25(33)29-20(5)13-10-2/h12,14-15,18-20,23-24,32H,9-11,13,16-17H2,1-8H3,(H,29,33)(H,30,35). The van der Waals surface area contributed by atoms with Crippen LogP contribution in [0.1, 0.15) is 99.1 Å². The second-order valence-electron chi connectivity index (χ2n) is 10.9. The summed E-state index contributed by atoms with van der Waals surface area (Å²) in [6, 6.07) is 4.55. The molecule has 0 radical (unpaired) electrons. The van der Waals surface area contributed by atoms with Gasteiger partial charge in [-0.1, -0.05) is 52.7 Å². The zero-order chi connectivity index (χ0) is 27.5. The average molecular weight is 506 g/mol. The molecule has 0 bridgehead atoms. The maximum absolute atomic E-state index is 14.0. The number of nitrogens with zero attached hydrogens (tertiary/aromatic N) is 1. The van der Waals surface area contributed by atoms with Gasteiger partial charge in [0.05, 0.1) is 0 Å². The smallest absolute Gasteiger partial charge is 0.408 e. The van der Waals surface area contributed by atoms with Crippen LogP contribution in [0.2, 0.25) is 0 Å². The highest BCUT2D eigenvalue weighted by atomic mass is 16.6. The molecular formula is C28H47N3O5. The van der Waals surface area contributed by atoms with Crippen molar-refractivity contribution in [3.05, 3.63) is 29.8 Å². The predicted octanol–water partition coefficient (Wildman–Crippen LogP) is 5.31. The van der Waals surface area contributed by atoms with E-state index < -0.39 is 23.8 Å². The van der Waals surface area contributed by atoms with E-state index in [4.69, 9.17) is 4.74 Å². The molecule has 0 aliphatic carbocycles. The number of amides is 3. The summed E-state index contributed by atoms with van der Waals surface area (Å²) in [5.74, 6) is -0.541. The van der Waals surface area contributed by atoms with Crippen LogP contribution in [0.15, 0.2) is 24.3 Å². The monoisotopic (exact) mass is 505 g/mol. The minimum Gasteiger partial charge on any atom is -0.508 e. The Kier molecular flexibility index (Phi) is 12.8. The third-order valence-electron chi connectivity index (χ3n) is 5.59. The average Bonchev–Trinajstić information content (AvgIpc) is 2.74. The number of phenolic OH excluding ortho intramolecular Hbond substituents is 1. The number of unbranched alkanes of at least 4 members (excludes halogenated alkanes) is 1. The second kappa shape index (κ2) is 14.7. The number of rotatable bonds is 13. The Morgan fingerprint density at radius 2 is 1.72 bits per heavy atom. The molecule has 8 nitrogen and oxygen atoms in total. The molecule has 0 saturated heterocycles. The molecule has 36 heavy (non-hydrogen) atoms. The maximum Gasteiger partial charge on any atom is 0.408 e. The molecular weight excluding hydrogens is 458 g/mol. The highest BCUT2D eigenvalue weighted by Gasteiger charge is 2.36. The zero-order valence-corrected chi connectivity index (χ0v) is 23.4. The number of benzene rings is 1. The molecule has 1 aromatic carbocycles. The van der Waals surface area contributed by atoms with Crippen LogP contribution in [0.25, 0.3) is 0 Å². The van der Waals surface area contributed by atoms with Crippen molar-refractivity contribution in [2.24, 2.45) is 5.92 Å². The number of ether oxygens (including phenoxy) is 1. The Bertz CT molecular complexity index is 850. The van der Waals surface area contributed by atoms with Gasteiger partial charge < -0.3 is 25.4 Å². The summed E-state index contributed by atoms with van der Waals surface area (Å²) in [4.78, 5) is 41.8. The summed E-state index contributed by atoms with van der Waals surface area (Å²) in [6.45, 7) is 15.6. The van der Waals surface area contributed by atoms with Crippen molar-refractivity contribution in [3.63, 3.8) is 0 Å². The van der Waals surface area contributed by atoms with E-state index in [0.29, 0.717) is 24.9 Å². The molecule has 0 aliphatic heterocycles. The van der Waals surface area contributed by atoms with Gasteiger partial charge in [0.2, 0.25) is 11.8 Å². The molecule has 0 heterocycles. The van der Waals surface area contributed by atoms with Crippen LogP contribution in [0, 0.1) is 5.92 Å². The lowest BCUT2D eigenvalue weighted by Gasteiger charge is -2.35. The van der Waals surface area contributed by atoms with Crippen molar-refractivity contribution in [1.82, 2.24) is 15.5 Å². The Balaban J connectivity index is 3.46. The van der Waals surface area contributed by atoms with Gasteiger partial charge in [-0.2, -0.15) is 0 Å². The first kappa shape index (κ1) is 31.3. The van der Waals surface area contributed by atoms with Gasteiger partial charge in [0.1, 0.15) is 23.4 Å². The number of nitrogens with one attached hydrogen (secondary N) is 2. The van der Waals surface area contributed by atoms with E-state index in [0.717, 1.165) is 19.3 Å². The maximum atomic E-state index is 14.0. The van der Waals surface area contributed by atoms with Gasteiger partial charge in [0, 0.05) is 12.6 Å². The fourth-order valence-corrected chi connectivity index (χ4v) is 4.03. The molecule has 8 heteroatoms.